The van der Waals surface area contributed by atoms with Crippen LogP contribution in [0.25, 0.3) is 11.1 Å². The molecule has 2 heterocycles. The van der Waals surface area contributed by atoms with Crippen LogP contribution < -0.4 is 15.9 Å². The Morgan fingerprint density at radius 1 is 1.33 bits per heavy atom. The fourth-order valence-corrected chi connectivity index (χ4v) is 1.90. The van der Waals surface area contributed by atoms with Crippen molar-refractivity contribution in [2.75, 3.05) is 13.2 Å². The number of aromatic nitrogens is 2. The largest absolute Gasteiger partial charge is 0.462 e. The van der Waals surface area contributed by atoms with E-state index in [-0.39, 0.29) is 35.4 Å². The van der Waals surface area contributed by atoms with Crippen LogP contribution in [-0.4, -0.2) is 29.3 Å². The first-order valence-corrected chi connectivity index (χ1v) is 6.82. The summed E-state index contributed by atoms with van der Waals surface area (Å²) >= 11 is 0. The highest BCUT2D eigenvalue weighted by Crippen LogP contribution is 2.13. The normalized spacial score (nSPS) is 11.2. The molecule has 0 fully saturated rings. The second-order valence-corrected chi connectivity index (χ2v) is 4.76. The van der Waals surface area contributed by atoms with Gasteiger partial charge in [-0.15, -0.1) is 0 Å². The van der Waals surface area contributed by atoms with Crippen molar-refractivity contribution in [1.82, 2.24) is 9.97 Å². The van der Waals surface area contributed by atoms with E-state index in [1.807, 2.05) is 20.8 Å². The van der Waals surface area contributed by atoms with E-state index >= 15 is 0 Å². The molecule has 0 aliphatic carbocycles. The summed E-state index contributed by atoms with van der Waals surface area (Å²) in [6.45, 7) is 6.29. The molecule has 0 saturated carbocycles. The molecule has 0 amide bonds. The zero-order valence-electron chi connectivity index (χ0n) is 12.3. The van der Waals surface area contributed by atoms with Gasteiger partial charge in [-0.3, -0.25) is 9.78 Å². The van der Waals surface area contributed by atoms with E-state index in [2.05, 4.69) is 9.97 Å². The number of aryl methyl sites for hydroxylation is 1. The minimum absolute atomic E-state index is 0.0104. The number of rotatable bonds is 6. The third kappa shape index (κ3) is 3.69. The first kappa shape index (κ1) is 15.2. The lowest BCUT2D eigenvalue weighted by Crippen LogP contribution is -2.17. The molecule has 2 aromatic rings. The van der Waals surface area contributed by atoms with Crippen molar-refractivity contribution in [2.45, 2.75) is 33.3 Å². The fraction of sp³-hybridized carbons (Fsp3) is 0.500. The van der Waals surface area contributed by atoms with E-state index in [1.165, 1.54) is 6.07 Å². The maximum absolute atomic E-state index is 12.1. The van der Waals surface area contributed by atoms with Gasteiger partial charge in [-0.25, -0.2) is 4.79 Å². The number of fused-ring (bicyclic) bond motifs is 1. The average molecular weight is 294 g/mol. The highest BCUT2D eigenvalue weighted by molar-refractivity contribution is 5.75. The average Bonchev–Trinajstić information content (AvgIpc) is 2.42. The maximum atomic E-state index is 12.1. The van der Waals surface area contributed by atoms with Crippen LogP contribution in [0.3, 0.4) is 0 Å². The second kappa shape index (κ2) is 6.53. The number of aromatic amines is 1. The summed E-state index contributed by atoms with van der Waals surface area (Å²) < 4.78 is 15.6. The predicted octanol–water partition coefficient (Wildman–Crippen LogP) is 1.24. The molecule has 0 spiro atoms. The summed E-state index contributed by atoms with van der Waals surface area (Å²) in [5, 5.41) is 0.280. The van der Waals surface area contributed by atoms with Gasteiger partial charge in [0.1, 0.15) is 12.0 Å². The molecule has 0 unspecified atom stereocenters. The Bertz CT molecular complexity index is 732. The van der Waals surface area contributed by atoms with Gasteiger partial charge in [0.2, 0.25) is 5.71 Å². The fourth-order valence-electron chi connectivity index (χ4n) is 1.90. The maximum Gasteiger partial charge on any atom is 0.337 e. The van der Waals surface area contributed by atoms with Crippen LogP contribution in [0.1, 0.15) is 26.3 Å². The second-order valence-electron chi connectivity index (χ2n) is 4.76. The van der Waals surface area contributed by atoms with Gasteiger partial charge in [0, 0.05) is 6.07 Å². The van der Waals surface area contributed by atoms with Crippen LogP contribution in [0.15, 0.2) is 20.1 Å². The monoisotopic (exact) mass is 294 g/mol. The molecule has 21 heavy (non-hydrogen) atoms. The Labute approximate surface area is 120 Å². The van der Waals surface area contributed by atoms with Gasteiger partial charge < -0.3 is 13.9 Å². The number of H-pyrrole nitrogens is 1. The molecule has 0 aliphatic heterocycles. The topological polar surface area (TPSA) is 94.4 Å². The van der Waals surface area contributed by atoms with Gasteiger partial charge in [0.05, 0.1) is 12.7 Å². The zero-order chi connectivity index (χ0) is 15.4. The first-order valence-electron chi connectivity index (χ1n) is 6.82. The summed E-state index contributed by atoms with van der Waals surface area (Å²) in [6, 6.07) is 1.31. The minimum Gasteiger partial charge on any atom is -0.462 e. The van der Waals surface area contributed by atoms with Crippen molar-refractivity contribution in [3.05, 3.63) is 32.4 Å². The minimum atomic E-state index is -0.536. The molecule has 114 valence electrons. The standard InChI is InChI=1S/C14H18N2O5/c1-4-9-7-10(17)21-13-11(9)12(18)15-14(16-13)20-6-5-19-8(2)3/h7-8H,4-6H2,1-3H3,(H,15,16,18). The molecule has 0 saturated heterocycles. The molecule has 0 atom stereocenters. The molecule has 0 aromatic carbocycles. The number of hydrogen-bond donors (Lipinski definition) is 1. The molecule has 0 bridgehead atoms. The Kier molecular flexibility index (Phi) is 4.74. The van der Waals surface area contributed by atoms with Gasteiger partial charge >= 0.3 is 5.63 Å². The van der Waals surface area contributed by atoms with Crippen molar-refractivity contribution in [3.63, 3.8) is 0 Å². The Balaban J connectivity index is 2.28. The van der Waals surface area contributed by atoms with Crippen LogP contribution in [0.4, 0.5) is 0 Å². The summed E-state index contributed by atoms with van der Waals surface area (Å²) in [5.41, 5.74) is -0.334. The number of nitrogens with one attached hydrogen (secondary N) is 1. The van der Waals surface area contributed by atoms with Gasteiger partial charge in [-0.05, 0) is 25.8 Å². The Morgan fingerprint density at radius 3 is 2.76 bits per heavy atom. The summed E-state index contributed by atoms with van der Waals surface area (Å²) in [7, 11) is 0. The van der Waals surface area contributed by atoms with Crippen LogP contribution in [-0.2, 0) is 11.2 Å². The smallest absolute Gasteiger partial charge is 0.337 e. The summed E-state index contributed by atoms with van der Waals surface area (Å²) in [5.74, 6) is 0. The van der Waals surface area contributed by atoms with E-state index in [0.29, 0.717) is 18.6 Å². The highest BCUT2D eigenvalue weighted by Gasteiger charge is 2.12. The van der Waals surface area contributed by atoms with Crippen LogP contribution in [0.2, 0.25) is 0 Å². The van der Waals surface area contributed by atoms with Crippen molar-refractivity contribution >= 4 is 11.1 Å². The van der Waals surface area contributed by atoms with Crippen molar-refractivity contribution in [3.8, 4) is 6.01 Å². The molecular formula is C14H18N2O5. The van der Waals surface area contributed by atoms with Crippen molar-refractivity contribution in [1.29, 1.82) is 0 Å². The molecular weight excluding hydrogens is 276 g/mol. The Hall–Kier alpha value is -2.15. The van der Waals surface area contributed by atoms with Crippen LogP contribution >= 0.6 is 0 Å². The molecule has 1 N–H and O–H groups in total. The van der Waals surface area contributed by atoms with E-state index < -0.39 is 5.63 Å². The molecule has 2 aromatic heterocycles. The number of hydrogen-bond acceptors (Lipinski definition) is 6. The van der Waals surface area contributed by atoms with E-state index in [4.69, 9.17) is 13.9 Å². The predicted molar refractivity (Wildman–Crippen MR) is 76.9 cm³/mol. The first-order chi connectivity index (χ1) is 10.0. The molecule has 2 rings (SSSR count). The molecule has 7 heteroatoms. The third-order valence-corrected chi connectivity index (χ3v) is 2.83. The lowest BCUT2D eigenvalue weighted by Gasteiger charge is -2.09. The summed E-state index contributed by atoms with van der Waals surface area (Å²) in [6.07, 6.45) is 0.636. The van der Waals surface area contributed by atoms with Crippen molar-refractivity contribution < 1.29 is 13.9 Å². The third-order valence-electron chi connectivity index (χ3n) is 2.83. The zero-order valence-corrected chi connectivity index (χ0v) is 12.3. The van der Waals surface area contributed by atoms with E-state index in [1.54, 1.807) is 0 Å². The van der Waals surface area contributed by atoms with Crippen LogP contribution in [0.5, 0.6) is 6.01 Å². The van der Waals surface area contributed by atoms with E-state index in [9.17, 15) is 9.59 Å². The summed E-state index contributed by atoms with van der Waals surface area (Å²) in [4.78, 5) is 30.1. The lowest BCUT2D eigenvalue weighted by molar-refractivity contribution is 0.0531. The quantitative estimate of drug-likeness (QED) is 0.806. The number of nitrogens with zero attached hydrogens (tertiary/aromatic N) is 1. The SMILES string of the molecule is CCc1cc(=O)oc2nc(OCCOC(C)C)[nH]c(=O)c12. The van der Waals surface area contributed by atoms with Gasteiger partial charge in [-0.1, -0.05) is 6.92 Å². The number of ether oxygens (including phenoxy) is 2. The van der Waals surface area contributed by atoms with Crippen LogP contribution in [0, 0.1) is 0 Å². The van der Waals surface area contributed by atoms with Gasteiger partial charge in [0.15, 0.2) is 0 Å². The lowest BCUT2D eigenvalue weighted by atomic mass is 10.1. The molecule has 0 aliphatic rings. The van der Waals surface area contributed by atoms with Gasteiger partial charge in [-0.2, -0.15) is 4.98 Å². The Morgan fingerprint density at radius 2 is 2.10 bits per heavy atom. The highest BCUT2D eigenvalue weighted by atomic mass is 16.5. The molecule has 0 radical (unpaired) electrons. The molecule has 7 nitrogen and oxygen atoms in total. The van der Waals surface area contributed by atoms with Gasteiger partial charge in [0.25, 0.3) is 11.6 Å². The van der Waals surface area contributed by atoms with Crippen molar-refractivity contribution in [2.24, 2.45) is 0 Å². The van der Waals surface area contributed by atoms with E-state index in [0.717, 1.165) is 0 Å².